The summed E-state index contributed by atoms with van der Waals surface area (Å²) in [4.78, 5) is 41.5. The van der Waals surface area contributed by atoms with E-state index in [0.29, 0.717) is 11.5 Å². The third kappa shape index (κ3) is 3.06. The highest BCUT2D eigenvalue weighted by Gasteiger charge is 2.20. The molecule has 0 saturated heterocycles. The lowest BCUT2D eigenvalue weighted by molar-refractivity contribution is -0.126. The van der Waals surface area contributed by atoms with E-state index in [0.717, 1.165) is 0 Å². The summed E-state index contributed by atoms with van der Waals surface area (Å²) in [6, 6.07) is 1.47. The summed E-state index contributed by atoms with van der Waals surface area (Å²) in [7, 11) is 0. The summed E-state index contributed by atoms with van der Waals surface area (Å²) in [5.41, 5.74) is 0.685. The molecular formula is C13H16N2O3. The summed E-state index contributed by atoms with van der Waals surface area (Å²) in [6.07, 6.45) is 0.00847. The van der Waals surface area contributed by atoms with Crippen molar-refractivity contribution >= 4 is 17.9 Å². The number of aldehydes is 1. The van der Waals surface area contributed by atoms with Gasteiger partial charge in [0, 0.05) is 11.6 Å². The van der Waals surface area contributed by atoms with Crippen LogP contribution < -0.4 is 0 Å². The van der Waals surface area contributed by atoms with E-state index in [1.165, 1.54) is 6.07 Å². The second-order valence-electron chi connectivity index (χ2n) is 4.66. The molecule has 18 heavy (non-hydrogen) atoms. The molecule has 0 aliphatic heterocycles. The molecule has 1 aromatic heterocycles. The highest BCUT2D eigenvalue weighted by atomic mass is 16.2. The molecule has 0 N–H and O–H groups in total. The zero-order valence-electron chi connectivity index (χ0n) is 10.9. The van der Waals surface area contributed by atoms with Gasteiger partial charge >= 0.3 is 0 Å². The Hall–Kier alpha value is -1.91. The predicted octanol–water partition coefficient (Wildman–Crippen LogP) is 1.67. The molecule has 5 heteroatoms. The van der Waals surface area contributed by atoms with Crippen LogP contribution in [0.25, 0.3) is 0 Å². The second kappa shape index (κ2) is 5.62. The van der Waals surface area contributed by atoms with Crippen molar-refractivity contribution in [1.82, 2.24) is 9.97 Å². The van der Waals surface area contributed by atoms with Crippen molar-refractivity contribution in [1.29, 1.82) is 0 Å². The molecule has 0 unspecified atom stereocenters. The molecule has 0 atom stereocenters. The van der Waals surface area contributed by atoms with Crippen LogP contribution in [0.1, 0.15) is 61.5 Å². The minimum absolute atomic E-state index is 0.00509. The van der Waals surface area contributed by atoms with E-state index in [1.54, 1.807) is 0 Å². The zero-order chi connectivity index (χ0) is 13.9. The van der Waals surface area contributed by atoms with E-state index >= 15 is 0 Å². The maximum atomic E-state index is 11.7. The number of aromatic nitrogens is 2. The van der Waals surface area contributed by atoms with Gasteiger partial charge in [-0.2, -0.15) is 0 Å². The van der Waals surface area contributed by atoms with Crippen LogP contribution in [0.3, 0.4) is 0 Å². The van der Waals surface area contributed by atoms with Gasteiger partial charge in [-0.3, -0.25) is 14.4 Å². The molecule has 0 spiro atoms. The van der Waals surface area contributed by atoms with Gasteiger partial charge in [-0.1, -0.05) is 27.7 Å². The van der Waals surface area contributed by atoms with Crippen LogP contribution in [-0.2, 0) is 9.59 Å². The maximum absolute atomic E-state index is 11.7. The van der Waals surface area contributed by atoms with Gasteiger partial charge in [0.05, 0.1) is 0 Å². The van der Waals surface area contributed by atoms with E-state index < -0.39 is 11.6 Å². The van der Waals surface area contributed by atoms with Gasteiger partial charge in [0.2, 0.25) is 0 Å². The number of carbonyl (C=O) groups excluding carboxylic acids is 3. The molecule has 0 aliphatic carbocycles. The molecule has 96 valence electrons. The van der Waals surface area contributed by atoms with Crippen LogP contribution in [0.5, 0.6) is 0 Å². The first-order valence-corrected chi connectivity index (χ1v) is 5.79. The van der Waals surface area contributed by atoms with Gasteiger partial charge < -0.3 is 0 Å². The monoisotopic (exact) mass is 248 g/mol. The number of hydrogen-bond acceptors (Lipinski definition) is 5. The minimum Gasteiger partial charge on any atom is -0.294 e. The van der Waals surface area contributed by atoms with Crippen molar-refractivity contribution in [3.8, 4) is 0 Å². The predicted molar refractivity (Wildman–Crippen MR) is 65.6 cm³/mol. The summed E-state index contributed by atoms with van der Waals surface area (Å²) < 4.78 is 0. The Kier molecular flexibility index (Phi) is 4.42. The Bertz CT molecular complexity index is 467. The molecular weight excluding hydrogens is 232 g/mol. The normalized spacial score (nSPS) is 10.8. The van der Waals surface area contributed by atoms with Crippen LogP contribution in [0, 0.1) is 0 Å². The Morgan fingerprint density at radius 2 is 1.72 bits per heavy atom. The standard InChI is InChI=1S/C13H16N2O3/c1-7(2)9-5-10(12(18)11(17)6-16)15-13(14-9)8(3)4/h5-8H,1-4H3. The molecule has 1 aromatic rings. The van der Waals surface area contributed by atoms with Gasteiger partial charge in [0.25, 0.3) is 11.6 Å². The SMILES string of the molecule is CC(C)c1cc(C(=O)C(=O)C=O)nc(C(C)C)n1. The molecule has 0 fully saturated rings. The number of nitrogens with zero attached hydrogens (tertiary/aromatic N) is 2. The number of hydrogen-bond donors (Lipinski definition) is 0. The van der Waals surface area contributed by atoms with Gasteiger partial charge in [0.1, 0.15) is 11.5 Å². The number of rotatable bonds is 5. The third-order valence-electron chi connectivity index (χ3n) is 2.43. The Labute approximate surface area is 106 Å². The van der Waals surface area contributed by atoms with E-state index in [-0.39, 0.29) is 23.8 Å². The quantitative estimate of drug-likeness (QED) is 0.343. The minimum atomic E-state index is -1.09. The van der Waals surface area contributed by atoms with E-state index in [1.807, 2.05) is 27.7 Å². The molecule has 1 rings (SSSR count). The summed E-state index contributed by atoms with van der Waals surface area (Å²) in [6.45, 7) is 7.66. The topological polar surface area (TPSA) is 77.0 Å². The summed E-state index contributed by atoms with van der Waals surface area (Å²) in [5, 5.41) is 0. The largest absolute Gasteiger partial charge is 0.294 e. The Balaban J connectivity index is 3.31. The number of Topliss-reactive ketones (excluding diaryl/α,β-unsaturated/α-hetero) is 2. The van der Waals surface area contributed by atoms with Gasteiger partial charge in [-0.15, -0.1) is 0 Å². The summed E-state index contributed by atoms with van der Waals surface area (Å²) in [5.74, 6) is -1.30. The average Bonchev–Trinajstić information content (AvgIpc) is 2.36. The smallest absolute Gasteiger partial charge is 0.267 e. The van der Waals surface area contributed by atoms with Crippen LogP contribution in [0.4, 0.5) is 0 Å². The van der Waals surface area contributed by atoms with E-state index in [2.05, 4.69) is 9.97 Å². The lowest BCUT2D eigenvalue weighted by Crippen LogP contribution is -2.19. The first-order valence-electron chi connectivity index (χ1n) is 5.79. The van der Waals surface area contributed by atoms with Crippen molar-refractivity contribution in [3.63, 3.8) is 0 Å². The van der Waals surface area contributed by atoms with Gasteiger partial charge in [-0.25, -0.2) is 9.97 Å². The molecule has 5 nitrogen and oxygen atoms in total. The molecule has 0 saturated carbocycles. The highest BCUT2D eigenvalue weighted by Crippen LogP contribution is 2.17. The van der Waals surface area contributed by atoms with E-state index in [9.17, 15) is 14.4 Å². The first kappa shape index (κ1) is 14.2. The molecule has 0 radical (unpaired) electrons. The zero-order valence-corrected chi connectivity index (χ0v) is 10.9. The van der Waals surface area contributed by atoms with Crippen LogP contribution in [-0.4, -0.2) is 27.8 Å². The van der Waals surface area contributed by atoms with Crippen LogP contribution in [0.15, 0.2) is 6.07 Å². The highest BCUT2D eigenvalue weighted by molar-refractivity contribution is 6.61. The molecule has 0 aromatic carbocycles. The van der Waals surface area contributed by atoms with Crippen LogP contribution >= 0.6 is 0 Å². The van der Waals surface area contributed by atoms with Crippen molar-refractivity contribution in [2.75, 3.05) is 0 Å². The van der Waals surface area contributed by atoms with Crippen molar-refractivity contribution in [2.45, 2.75) is 39.5 Å². The molecule has 0 aliphatic rings. The second-order valence-corrected chi connectivity index (χ2v) is 4.66. The molecule has 1 heterocycles. The van der Waals surface area contributed by atoms with Gasteiger partial charge in [0.15, 0.2) is 6.29 Å². The van der Waals surface area contributed by atoms with E-state index in [4.69, 9.17) is 0 Å². The Morgan fingerprint density at radius 1 is 1.11 bits per heavy atom. The molecule has 0 amide bonds. The van der Waals surface area contributed by atoms with Crippen molar-refractivity contribution < 1.29 is 14.4 Å². The fraction of sp³-hybridized carbons (Fsp3) is 0.462. The molecule has 0 bridgehead atoms. The number of carbonyl (C=O) groups is 3. The van der Waals surface area contributed by atoms with Gasteiger partial charge in [-0.05, 0) is 12.0 Å². The maximum Gasteiger partial charge on any atom is 0.267 e. The average molecular weight is 248 g/mol. The lowest BCUT2D eigenvalue weighted by Gasteiger charge is -2.10. The fourth-order valence-electron chi connectivity index (χ4n) is 1.34. The summed E-state index contributed by atoms with van der Waals surface area (Å²) >= 11 is 0. The first-order chi connectivity index (χ1) is 8.36. The fourth-order valence-corrected chi connectivity index (χ4v) is 1.34. The van der Waals surface area contributed by atoms with Crippen molar-refractivity contribution in [2.24, 2.45) is 0 Å². The third-order valence-corrected chi connectivity index (χ3v) is 2.43. The Morgan fingerprint density at radius 3 is 2.17 bits per heavy atom. The van der Waals surface area contributed by atoms with Crippen LogP contribution in [0.2, 0.25) is 0 Å². The van der Waals surface area contributed by atoms with Crippen molar-refractivity contribution in [3.05, 3.63) is 23.3 Å². The number of ketones is 2. The lowest BCUT2D eigenvalue weighted by atomic mass is 10.1.